The van der Waals surface area contributed by atoms with Gasteiger partial charge in [0, 0.05) is 52.2 Å². The number of carbonyl (C=O) groups excluding carboxylic acids is 2. The van der Waals surface area contributed by atoms with E-state index in [-0.39, 0.29) is 17.5 Å². The van der Waals surface area contributed by atoms with Crippen molar-refractivity contribution in [1.82, 2.24) is 19.6 Å². The molecule has 3 aliphatic rings. The molecule has 0 aromatic carbocycles. The highest BCUT2D eigenvalue weighted by molar-refractivity contribution is 5.89. The van der Waals surface area contributed by atoms with Crippen LogP contribution >= 0.6 is 0 Å². The molecule has 29 heavy (non-hydrogen) atoms. The van der Waals surface area contributed by atoms with E-state index >= 15 is 0 Å². The second kappa shape index (κ2) is 8.34. The van der Waals surface area contributed by atoms with Crippen LogP contribution in [0.1, 0.15) is 63.5 Å². The van der Waals surface area contributed by atoms with Crippen molar-refractivity contribution in [3.63, 3.8) is 0 Å². The smallest absolute Gasteiger partial charge is 0.323 e. The van der Waals surface area contributed by atoms with Gasteiger partial charge < -0.3 is 14.5 Å². The Labute approximate surface area is 172 Å². The van der Waals surface area contributed by atoms with Gasteiger partial charge in [0.1, 0.15) is 5.82 Å². The molecule has 8 heteroatoms. The summed E-state index contributed by atoms with van der Waals surface area (Å²) >= 11 is 0. The number of aryl methyl sites for hydroxylation is 1. The van der Waals surface area contributed by atoms with Crippen LogP contribution in [0.3, 0.4) is 0 Å². The highest BCUT2D eigenvalue weighted by atomic mass is 16.5. The number of hydrogen-bond acceptors (Lipinski definition) is 4. The predicted octanol–water partition coefficient (Wildman–Crippen LogP) is 2.71. The number of anilines is 1. The van der Waals surface area contributed by atoms with Crippen molar-refractivity contribution < 1.29 is 14.3 Å². The Morgan fingerprint density at radius 3 is 2.69 bits per heavy atom. The first-order chi connectivity index (χ1) is 14.0. The topological polar surface area (TPSA) is 79.7 Å². The Morgan fingerprint density at radius 2 is 2.00 bits per heavy atom. The van der Waals surface area contributed by atoms with E-state index in [1.807, 2.05) is 22.9 Å². The van der Waals surface area contributed by atoms with Gasteiger partial charge in [0.05, 0.1) is 17.8 Å². The van der Waals surface area contributed by atoms with Gasteiger partial charge in [0.25, 0.3) is 0 Å². The molecule has 3 heterocycles. The molecule has 8 nitrogen and oxygen atoms in total. The molecule has 1 atom stereocenters. The second-order valence-corrected chi connectivity index (χ2v) is 8.80. The zero-order chi connectivity index (χ0) is 20.4. The molecular formula is C21H33N5O3. The number of nitrogens with one attached hydrogen (secondary N) is 1. The molecule has 1 aliphatic carbocycles. The fourth-order valence-electron chi connectivity index (χ4n) is 5.25. The maximum atomic E-state index is 13.1. The number of piperazine rings is 1. The van der Waals surface area contributed by atoms with Crippen molar-refractivity contribution >= 4 is 17.8 Å². The van der Waals surface area contributed by atoms with Crippen molar-refractivity contribution in [2.24, 2.45) is 7.05 Å². The van der Waals surface area contributed by atoms with Crippen LogP contribution < -0.4 is 5.32 Å². The average molecular weight is 404 g/mol. The summed E-state index contributed by atoms with van der Waals surface area (Å²) in [5.41, 5.74) is 0.782. The minimum Gasteiger partial charge on any atom is -0.381 e. The summed E-state index contributed by atoms with van der Waals surface area (Å²) in [4.78, 5) is 29.2. The zero-order valence-corrected chi connectivity index (χ0v) is 17.7. The quantitative estimate of drug-likeness (QED) is 0.823. The van der Waals surface area contributed by atoms with E-state index in [0.29, 0.717) is 38.0 Å². The van der Waals surface area contributed by atoms with Crippen molar-refractivity contribution in [1.29, 1.82) is 0 Å². The Morgan fingerprint density at radius 1 is 1.21 bits per heavy atom. The van der Waals surface area contributed by atoms with Gasteiger partial charge in [-0.15, -0.1) is 0 Å². The van der Waals surface area contributed by atoms with E-state index in [9.17, 15) is 9.59 Å². The molecule has 1 unspecified atom stereocenters. The monoisotopic (exact) mass is 403 g/mol. The largest absolute Gasteiger partial charge is 0.381 e. The molecule has 1 N–H and O–H groups in total. The van der Waals surface area contributed by atoms with E-state index in [0.717, 1.165) is 50.8 Å². The lowest BCUT2D eigenvalue weighted by Crippen LogP contribution is -2.65. The van der Waals surface area contributed by atoms with E-state index in [1.165, 1.54) is 6.42 Å². The second-order valence-electron chi connectivity index (χ2n) is 8.80. The number of aromatic nitrogens is 2. The van der Waals surface area contributed by atoms with E-state index < -0.39 is 0 Å². The minimum atomic E-state index is -0.198. The minimum absolute atomic E-state index is 0.104. The van der Waals surface area contributed by atoms with Crippen LogP contribution in [0.4, 0.5) is 10.6 Å². The Balaban J connectivity index is 1.44. The molecule has 4 rings (SSSR count). The van der Waals surface area contributed by atoms with Gasteiger partial charge in [-0.05, 0) is 25.7 Å². The first kappa shape index (κ1) is 20.2. The van der Waals surface area contributed by atoms with E-state index in [4.69, 9.17) is 4.74 Å². The van der Waals surface area contributed by atoms with Crippen LogP contribution in [-0.4, -0.2) is 69.9 Å². The molecule has 2 saturated heterocycles. The molecule has 3 amide bonds. The van der Waals surface area contributed by atoms with Gasteiger partial charge in [0.2, 0.25) is 5.91 Å². The summed E-state index contributed by atoms with van der Waals surface area (Å²) < 4.78 is 7.32. The number of urea groups is 1. The summed E-state index contributed by atoms with van der Waals surface area (Å²) in [5.74, 6) is 1.13. The summed E-state index contributed by atoms with van der Waals surface area (Å²) in [7, 11) is 1.86. The average Bonchev–Trinajstić information content (AvgIpc) is 3.09. The first-order valence-electron chi connectivity index (χ1n) is 10.9. The summed E-state index contributed by atoms with van der Waals surface area (Å²) in [6, 6.07) is 1.87. The molecule has 1 spiro atoms. The lowest BCUT2D eigenvalue weighted by Gasteiger charge is -2.52. The maximum Gasteiger partial charge on any atom is 0.323 e. The van der Waals surface area contributed by atoms with Gasteiger partial charge in [-0.2, -0.15) is 5.10 Å². The van der Waals surface area contributed by atoms with Gasteiger partial charge in [-0.3, -0.25) is 14.8 Å². The molecule has 1 aromatic rings. The van der Waals surface area contributed by atoms with Crippen molar-refractivity contribution in [2.45, 2.75) is 63.3 Å². The van der Waals surface area contributed by atoms with Gasteiger partial charge in [-0.1, -0.05) is 19.3 Å². The van der Waals surface area contributed by atoms with Crippen LogP contribution in [0.15, 0.2) is 6.07 Å². The standard InChI is InChI=1S/C21H33N5O3/c1-16(27)26-11-10-25(15-21(26)8-4-3-5-9-21)20(28)22-19-13-18(23-24(19)2)17-7-6-12-29-14-17/h13,17H,3-12,14-15H2,1-2H3,(H,22,28). The Hall–Kier alpha value is -2.09. The fourth-order valence-corrected chi connectivity index (χ4v) is 5.25. The molecule has 0 radical (unpaired) electrons. The molecule has 3 fully saturated rings. The SMILES string of the molecule is CC(=O)N1CCN(C(=O)Nc2cc(C3CCCOC3)nn2C)CC12CCCCC2. The molecule has 1 aromatic heterocycles. The molecule has 0 bridgehead atoms. The summed E-state index contributed by atoms with van der Waals surface area (Å²) in [5, 5.41) is 7.65. The van der Waals surface area contributed by atoms with Crippen LogP contribution in [0.5, 0.6) is 0 Å². The fraction of sp³-hybridized carbons (Fsp3) is 0.762. The van der Waals surface area contributed by atoms with E-state index in [2.05, 4.69) is 10.4 Å². The third-order valence-electron chi connectivity index (χ3n) is 6.82. The van der Waals surface area contributed by atoms with Crippen molar-refractivity contribution in [2.75, 3.05) is 38.2 Å². The van der Waals surface area contributed by atoms with Crippen LogP contribution in [0.25, 0.3) is 0 Å². The number of ether oxygens (including phenoxy) is 1. The maximum absolute atomic E-state index is 13.1. The highest BCUT2D eigenvalue weighted by Gasteiger charge is 2.44. The highest BCUT2D eigenvalue weighted by Crippen LogP contribution is 2.37. The lowest BCUT2D eigenvalue weighted by molar-refractivity contribution is -0.141. The normalized spacial score (nSPS) is 24.6. The van der Waals surface area contributed by atoms with Crippen molar-refractivity contribution in [3.8, 4) is 0 Å². The first-order valence-corrected chi connectivity index (χ1v) is 10.9. The Kier molecular flexibility index (Phi) is 5.81. The van der Waals surface area contributed by atoms with E-state index in [1.54, 1.807) is 11.6 Å². The van der Waals surface area contributed by atoms with Gasteiger partial charge in [-0.25, -0.2) is 4.79 Å². The van der Waals surface area contributed by atoms with Gasteiger partial charge >= 0.3 is 6.03 Å². The predicted molar refractivity (Wildman–Crippen MR) is 110 cm³/mol. The molecular weight excluding hydrogens is 370 g/mol. The van der Waals surface area contributed by atoms with Crippen LogP contribution in [0.2, 0.25) is 0 Å². The lowest BCUT2D eigenvalue weighted by atomic mass is 9.78. The number of carbonyl (C=O) groups is 2. The zero-order valence-electron chi connectivity index (χ0n) is 17.7. The van der Waals surface area contributed by atoms with Crippen molar-refractivity contribution in [3.05, 3.63) is 11.8 Å². The van der Waals surface area contributed by atoms with Crippen LogP contribution in [-0.2, 0) is 16.6 Å². The van der Waals surface area contributed by atoms with Gasteiger partial charge in [0.15, 0.2) is 0 Å². The summed E-state index contributed by atoms with van der Waals surface area (Å²) in [6.45, 7) is 4.95. The number of rotatable bonds is 2. The number of nitrogens with zero attached hydrogens (tertiary/aromatic N) is 4. The number of hydrogen-bond donors (Lipinski definition) is 1. The molecule has 160 valence electrons. The van der Waals surface area contributed by atoms with Crippen LogP contribution in [0, 0.1) is 0 Å². The molecule has 1 saturated carbocycles. The summed E-state index contributed by atoms with van der Waals surface area (Å²) in [6.07, 6.45) is 7.52. The molecule has 2 aliphatic heterocycles. The third-order valence-corrected chi connectivity index (χ3v) is 6.82. The number of amides is 3. The Bertz CT molecular complexity index is 749. The third kappa shape index (κ3) is 4.13.